The second-order valence-electron chi connectivity index (χ2n) is 9.58. The van der Waals surface area contributed by atoms with Crippen molar-refractivity contribution >= 4 is 33.2 Å². The summed E-state index contributed by atoms with van der Waals surface area (Å²) in [4.78, 5) is 25.7. The van der Waals surface area contributed by atoms with Gasteiger partial charge in [-0.05, 0) is 79.8 Å². The van der Waals surface area contributed by atoms with Crippen LogP contribution in [0.25, 0.3) is 0 Å². The average molecular weight is 536 g/mol. The van der Waals surface area contributed by atoms with Crippen LogP contribution in [0.4, 0.5) is 11.4 Å². The van der Waals surface area contributed by atoms with Gasteiger partial charge in [-0.15, -0.1) is 0 Å². The molecule has 38 heavy (non-hydrogen) atoms. The Kier molecular flexibility index (Phi) is 8.48. The molecule has 9 heteroatoms. The molecule has 0 aliphatic carbocycles. The van der Waals surface area contributed by atoms with E-state index in [0.717, 1.165) is 29.5 Å². The molecule has 4 rings (SSSR count). The lowest BCUT2D eigenvalue weighted by molar-refractivity contribution is 0.0858. The molecule has 0 aromatic heterocycles. The monoisotopic (exact) mass is 535 g/mol. The molecule has 0 spiro atoms. The highest BCUT2D eigenvalue weighted by Gasteiger charge is 2.20. The number of aryl methyl sites for hydroxylation is 2. The number of nitrogens with one attached hydrogen (secondary N) is 2. The fraction of sp³-hybridized carbons (Fsp3) is 0.310. The number of anilines is 2. The summed E-state index contributed by atoms with van der Waals surface area (Å²) < 4.78 is 32.0. The quantitative estimate of drug-likeness (QED) is 0.422. The van der Waals surface area contributed by atoms with E-state index in [0.29, 0.717) is 35.7 Å². The maximum atomic E-state index is 13.0. The lowest BCUT2D eigenvalue weighted by Crippen LogP contribution is -2.32. The second kappa shape index (κ2) is 11.8. The Morgan fingerprint density at radius 1 is 0.974 bits per heavy atom. The number of hydrogen-bond acceptors (Lipinski definition) is 5. The Hall–Kier alpha value is -3.69. The van der Waals surface area contributed by atoms with Gasteiger partial charge in [0, 0.05) is 18.7 Å². The molecule has 0 radical (unpaired) electrons. The van der Waals surface area contributed by atoms with Crippen LogP contribution < -0.4 is 14.9 Å². The van der Waals surface area contributed by atoms with Gasteiger partial charge in [0.05, 0.1) is 35.8 Å². The highest BCUT2D eigenvalue weighted by atomic mass is 32.2. The Labute approximate surface area is 224 Å². The van der Waals surface area contributed by atoms with Crippen LogP contribution in [-0.4, -0.2) is 45.7 Å². The fourth-order valence-corrected chi connectivity index (χ4v) is 5.18. The van der Waals surface area contributed by atoms with Crippen LogP contribution in [0.1, 0.15) is 50.2 Å². The minimum atomic E-state index is -3.53. The smallest absolute Gasteiger partial charge is 0.255 e. The average Bonchev–Trinajstić information content (AvgIpc) is 3.41. The van der Waals surface area contributed by atoms with Crippen LogP contribution in [0.5, 0.6) is 0 Å². The first-order valence-electron chi connectivity index (χ1n) is 12.6. The van der Waals surface area contributed by atoms with Gasteiger partial charge < -0.3 is 15.4 Å². The van der Waals surface area contributed by atoms with Crippen LogP contribution in [0.2, 0.25) is 0 Å². The Morgan fingerprint density at radius 3 is 2.37 bits per heavy atom. The van der Waals surface area contributed by atoms with E-state index in [-0.39, 0.29) is 24.5 Å². The first kappa shape index (κ1) is 27.3. The number of benzene rings is 3. The molecule has 0 bridgehead atoms. The van der Waals surface area contributed by atoms with Crippen LogP contribution >= 0.6 is 0 Å². The lowest BCUT2D eigenvalue weighted by Gasteiger charge is -2.23. The van der Waals surface area contributed by atoms with Crippen LogP contribution in [0.15, 0.2) is 66.7 Å². The molecule has 1 heterocycles. The van der Waals surface area contributed by atoms with Gasteiger partial charge in [-0.3, -0.25) is 13.9 Å². The number of hydrogen-bond donors (Lipinski definition) is 2. The Bertz CT molecular complexity index is 1410. The molecular weight excluding hydrogens is 502 g/mol. The van der Waals surface area contributed by atoms with E-state index in [2.05, 4.69) is 10.6 Å². The number of para-hydroxylation sites is 1. The summed E-state index contributed by atoms with van der Waals surface area (Å²) in [7, 11) is -3.53. The summed E-state index contributed by atoms with van der Waals surface area (Å²) in [5, 5.41) is 5.70. The normalized spacial score (nSPS) is 15.2. The SMILES string of the molecule is Cc1ccc(N(Cc2ccc(C(=O)Nc3ccccc3C(=O)NC[C@@H]3CCCO3)cc2)S(C)(=O)=O)cc1C. The number of carbonyl (C=O) groups excluding carboxylic acids is 2. The molecular formula is C29H33N3O5S. The van der Waals surface area contributed by atoms with Gasteiger partial charge in [0.25, 0.3) is 11.8 Å². The van der Waals surface area contributed by atoms with E-state index >= 15 is 0 Å². The summed E-state index contributed by atoms with van der Waals surface area (Å²) in [5.41, 5.74) is 4.58. The van der Waals surface area contributed by atoms with E-state index in [4.69, 9.17) is 4.74 Å². The lowest BCUT2D eigenvalue weighted by atomic mass is 10.1. The van der Waals surface area contributed by atoms with Gasteiger partial charge in [-0.2, -0.15) is 0 Å². The molecule has 1 atom stereocenters. The number of ether oxygens (including phenoxy) is 1. The number of nitrogens with zero attached hydrogens (tertiary/aromatic N) is 1. The van der Waals surface area contributed by atoms with Gasteiger partial charge in [0.15, 0.2) is 0 Å². The summed E-state index contributed by atoms with van der Waals surface area (Å²) in [6, 6.07) is 19.1. The Morgan fingerprint density at radius 2 is 1.71 bits per heavy atom. The maximum Gasteiger partial charge on any atom is 0.255 e. The molecule has 3 aromatic rings. The molecule has 8 nitrogen and oxygen atoms in total. The minimum Gasteiger partial charge on any atom is -0.376 e. The third-order valence-electron chi connectivity index (χ3n) is 6.66. The van der Waals surface area contributed by atoms with Crippen molar-refractivity contribution in [2.24, 2.45) is 0 Å². The number of amides is 2. The fourth-order valence-electron chi connectivity index (χ4n) is 4.30. The zero-order chi connectivity index (χ0) is 27.3. The number of rotatable bonds is 9. The molecule has 1 fully saturated rings. The van der Waals surface area contributed by atoms with Crippen molar-refractivity contribution in [3.05, 3.63) is 94.5 Å². The highest BCUT2D eigenvalue weighted by Crippen LogP contribution is 2.24. The third kappa shape index (κ3) is 6.79. The highest BCUT2D eigenvalue weighted by molar-refractivity contribution is 7.92. The van der Waals surface area contributed by atoms with Crippen LogP contribution in [0.3, 0.4) is 0 Å². The molecule has 0 saturated carbocycles. The van der Waals surface area contributed by atoms with Crippen LogP contribution in [-0.2, 0) is 21.3 Å². The number of carbonyl (C=O) groups is 2. The van der Waals surface area contributed by atoms with Crippen molar-refractivity contribution in [2.45, 2.75) is 39.3 Å². The first-order valence-corrected chi connectivity index (χ1v) is 14.4. The number of sulfonamides is 1. The van der Waals surface area contributed by atoms with Gasteiger partial charge in [0.1, 0.15) is 0 Å². The van der Waals surface area contributed by atoms with E-state index in [1.165, 1.54) is 10.6 Å². The zero-order valence-electron chi connectivity index (χ0n) is 21.9. The van der Waals surface area contributed by atoms with Crippen molar-refractivity contribution in [1.29, 1.82) is 0 Å². The van der Waals surface area contributed by atoms with E-state index in [9.17, 15) is 18.0 Å². The van der Waals surface area contributed by atoms with Gasteiger partial charge in [-0.1, -0.05) is 30.3 Å². The third-order valence-corrected chi connectivity index (χ3v) is 7.80. The minimum absolute atomic E-state index is 0.0212. The molecule has 1 aliphatic heterocycles. The van der Waals surface area contributed by atoms with Gasteiger partial charge in [0.2, 0.25) is 10.0 Å². The molecule has 2 amide bonds. The predicted molar refractivity (Wildman–Crippen MR) is 149 cm³/mol. The second-order valence-corrected chi connectivity index (χ2v) is 11.5. The van der Waals surface area contributed by atoms with E-state index in [1.807, 2.05) is 26.0 Å². The Balaban J connectivity index is 1.44. The largest absolute Gasteiger partial charge is 0.376 e. The molecule has 1 aliphatic rings. The van der Waals surface area contributed by atoms with Crippen molar-refractivity contribution < 1.29 is 22.7 Å². The first-order chi connectivity index (χ1) is 18.1. The summed E-state index contributed by atoms with van der Waals surface area (Å²) in [6.45, 7) is 5.19. The predicted octanol–water partition coefficient (Wildman–Crippen LogP) is 4.43. The summed E-state index contributed by atoms with van der Waals surface area (Å²) in [6.07, 6.45) is 3.11. The standard InChI is InChI=1S/C29H33N3O5S/c1-20-10-15-24(17-21(20)2)32(38(3,35)36)19-22-11-13-23(14-12-22)28(33)31-27-9-5-4-8-26(27)29(34)30-18-25-7-6-16-37-25/h4-5,8-15,17,25H,6-7,16,18-19H2,1-3H3,(H,30,34)(H,31,33)/t25-/m0/s1. The van der Waals surface area contributed by atoms with Gasteiger partial charge >= 0.3 is 0 Å². The molecule has 0 unspecified atom stereocenters. The molecule has 200 valence electrons. The van der Waals surface area contributed by atoms with E-state index < -0.39 is 10.0 Å². The molecule has 3 aromatic carbocycles. The van der Waals surface area contributed by atoms with E-state index in [1.54, 1.807) is 54.6 Å². The topological polar surface area (TPSA) is 105 Å². The van der Waals surface area contributed by atoms with Crippen molar-refractivity contribution in [3.8, 4) is 0 Å². The summed E-state index contributed by atoms with van der Waals surface area (Å²) >= 11 is 0. The maximum absolute atomic E-state index is 13.0. The summed E-state index contributed by atoms with van der Waals surface area (Å²) in [5.74, 6) is -0.649. The van der Waals surface area contributed by atoms with Crippen molar-refractivity contribution in [1.82, 2.24) is 5.32 Å². The molecule has 2 N–H and O–H groups in total. The molecule has 1 saturated heterocycles. The van der Waals surface area contributed by atoms with Crippen molar-refractivity contribution in [3.63, 3.8) is 0 Å². The van der Waals surface area contributed by atoms with Crippen molar-refractivity contribution in [2.75, 3.05) is 29.0 Å². The zero-order valence-corrected chi connectivity index (χ0v) is 22.7. The van der Waals surface area contributed by atoms with Crippen LogP contribution in [0, 0.1) is 13.8 Å². The van der Waals surface area contributed by atoms with Gasteiger partial charge in [-0.25, -0.2) is 8.42 Å².